The third-order valence-electron chi connectivity index (χ3n) is 10.7. The average Bonchev–Trinajstić information content (AvgIpc) is 3.68. The lowest BCUT2D eigenvalue weighted by atomic mass is 9.97. The lowest BCUT2D eigenvalue weighted by Gasteiger charge is -2.18. The van der Waals surface area contributed by atoms with Gasteiger partial charge in [0.2, 0.25) is 0 Å². The predicted octanol–water partition coefficient (Wildman–Crippen LogP) is 8.76. The average molecular weight is 644 g/mol. The summed E-state index contributed by atoms with van der Waals surface area (Å²) in [5.74, 6) is 0. The third kappa shape index (κ3) is 2.96. The number of para-hydroxylation sites is 3. The Balaban J connectivity index is 1.36. The first kappa shape index (κ1) is 26.0. The van der Waals surface area contributed by atoms with E-state index in [9.17, 15) is 9.59 Å². The quantitative estimate of drug-likeness (QED) is 0.132. The molecule has 0 atom stereocenters. The fraction of sp³-hybridized carbons (Fsp3) is 0. The number of benzene rings is 7. The summed E-state index contributed by atoms with van der Waals surface area (Å²) in [6.45, 7) is 0. The molecular weight excluding hydrogens is 622 g/mol. The molecule has 0 saturated carbocycles. The van der Waals surface area contributed by atoms with E-state index < -0.39 is 0 Å². The number of hydrogen-bond donors (Lipinski definition) is 0. The molecule has 0 aliphatic rings. The van der Waals surface area contributed by atoms with Crippen molar-refractivity contribution in [1.29, 1.82) is 0 Å². The zero-order valence-electron chi connectivity index (χ0n) is 26.1. The standard InChI is InChI=1S/C43H21N3O4/c47-41-26-16-14-22-15-17-27-40-38(22)39(26)45(43(49)46(40)35-19-29-25-11-5-7-13-36(25)50-37(29)21-31(35)42(27)48)34-18-28-24-10-4-6-12-32(24)44(33(28)20-30(34)41)23-8-2-1-3-9-23/h1-21H. The van der Waals surface area contributed by atoms with Crippen LogP contribution in [0.3, 0.4) is 0 Å². The van der Waals surface area contributed by atoms with E-state index in [1.165, 1.54) is 0 Å². The molecule has 7 nitrogen and oxygen atoms in total. The Morgan fingerprint density at radius 3 is 1.76 bits per heavy atom. The summed E-state index contributed by atoms with van der Waals surface area (Å²) in [5, 5.41) is 6.91. The number of furan rings is 1. The van der Waals surface area contributed by atoms with E-state index in [1.54, 1.807) is 20.9 Å². The molecule has 0 spiro atoms. The van der Waals surface area contributed by atoms with Gasteiger partial charge in [-0.05, 0) is 66.0 Å². The smallest absolute Gasteiger partial charge is 0.338 e. The van der Waals surface area contributed by atoms with Crippen molar-refractivity contribution < 1.29 is 4.42 Å². The van der Waals surface area contributed by atoms with Gasteiger partial charge in [-0.25, -0.2) is 4.79 Å². The summed E-state index contributed by atoms with van der Waals surface area (Å²) in [7, 11) is 0. The number of rotatable bonds is 1. The maximum atomic E-state index is 15.3. The molecule has 12 aromatic rings. The van der Waals surface area contributed by atoms with Gasteiger partial charge in [-0.3, -0.25) is 18.4 Å². The van der Waals surface area contributed by atoms with Crippen molar-refractivity contribution in [3.05, 3.63) is 158 Å². The summed E-state index contributed by atoms with van der Waals surface area (Å²) in [6.07, 6.45) is 0. The second kappa shape index (κ2) is 8.72. The summed E-state index contributed by atoms with van der Waals surface area (Å²) in [6, 6.07) is 41.0. The van der Waals surface area contributed by atoms with Crippen LogP contribution in [0.25, 0.3) is 104 Å². The molecule has 0 unspecified atom stereocenters. The maximum absolute atomic E-state index is 15.3. The van der Waals surface area contributed by atoms with Gasteiger partial charge >= 0.3 is 5.69 Å². The van der Waals surface area contributed by atoms with Crippen molar-refractivity contribution in [3.8, 4) is 5.69 Å². The monoisotopic (exact) mass is 643 g/mol. The fourth-order valence-corrected chi connectivity index (χ4v) is 8.59. The number of hydrogen-bond acceptors (Lipinski definition) is 4. The van der Waals surface area contributed by atoms with Crippen LogP contribution in [-0.4, -0.2) is 13.4 Å². The highest BCUT2D eigenvalue weighted by Crippen LogP contribution is 2.38. The molecule has 0 aliphatic carbocycles. The van der Waals surface area contributed by atoms with Crippen molar-refractivity contribution in [3.63, 3.8) is 0 Å². The molecule has 5 aromatic heterocycles. The van der Waals surface area contributed by atoms with Crippen LogP contribution in [-0.2, 0) is 0 Å². The SMILES string of the molecule is O=c1c2cc3oc4ccccc4c3cc2n2c(=O)n3c4cc5c6ccccc6n(-c6ccccc6)c5cc4c(=O)c4ccc5ccc1c2c5c43. The van der Waals surface area contributed by atoms with Gasteiger partial charge in [0.05, 0.1) is 38.5 Å². The number of aromatic nitrogens is 3. The van der Waals surface area contributed by atoms with Gasteiger partial charge in [0.15, 0.2) is 10.9 Å². The van der Waals surface area contributed by atoms with Crippen LogP contribution in [0.5, 0.6) is 0 Å². The molecule has 0 amide bonds. The predicted molar refractivity (Wildman–Crippen MR) is 201 cm³/mol. The summed E-state index contributed by atoms with van der Waals surface area (Å²) in [4.78, 5) is 44.1. The Morgan fingerprint density at radius 1 is 0.420 bits per heavy atom. The highest BCUT2D eigenvalue weighted by atomic mass is 16.3. The minimum atomic E-state index is -0.348. The van der Waals surface area contributed by atoms with Gasteiger partial charge in [0.25, 0.3) is 0 Å². The second-order valence-corrected chi connectivity index (χ2v) is 13.2. The molecule has 12 rings (SSSR count). The van der Waals surface area contributed by atoms with Crippen molar-refractivity contribution in [2.45, 2.75) is 0 Å². The van der Waals surface area contributed by atoms with E-state index in [0.717, 1.165) is 43.7 Å². The molecule has 7 aromatic carbocycles. The molecule has 0 saturated heterocycles. The summed E-state index contributed by atoms with van der Waals surface area (Å²) < 4.78 is 11.7. The normalized spacial score (nSPS) is 12.6. The largest absolute Gasteiger partial charge is 0.456 e. The maximum Gasteiger partial charge on any atom is 0.338 e. The zero-order chi connectivity index (χ0) is 33.0. The van der Waals surface area contributed by atoms with Crippen molar-refractivity contribution in [2.24, 2.45) is 0 Å². The molecule has 7 heteroatoms. The molecule has 0 radical (unpaired) electrons. The fourth-order valence-electron chi connectivity index (χ4n) is 8.59. The Kier molecular flexibility index (Phi) is 4.54. The van der Waals surface area contributed by atoms with Crippen molar-refractivity contribution in [2.75, 3.05) is 0 Å². The number of pyridine rings is 2. The molecule has 232 valence electrons. The molecule has 5 heterocycles. The van der Waals surface area contributed by atoms with Crippen LogP contribution in [0.4, 0.5) is 0 Å². The molecule has 0 fully saturated rings. The summed E-state index contributed by atoms with van der Waals surface area (Å²) in [5.41, 5.74) is 5.52. The van der Waals surface area contributed by atoms with Gasteiger partial charge < -0.3 is 8.98 Å². The highest BCUT2D eigenvalue weighted by molar-refractivity contribution is 6.23. The first-order chi connectivity index (χ1) is 24.6. The molecule has 50 heavy (non-hydrogen) atoms. The Bertz CT molecular complexity index is 3660. The van der Waals surface area contributed by atoms with Crippen LogP contribution in [0, 0.1) is 0 Å². The highest BCUT2D eigenvalue weighted by Gasteiger charge is 2.25. The second-order valence-electron chi connectivity index (χ2n) is 13.2. The topological polar surface area (TPSA) is 78.1 Å². The van der Waals surface area contributed by atoms with Crippen molar-refractivity contribution in [1.82, 2.24) is 13.4 Å². The van der Waals surface area contributed by atoms with E-state index >= 15 is 4.79 Å². The van der Waals surface area contributed by atoms with Gasteiger partial charge in [0.1, 0.15) is 11.2 Å². The lowest BCUT2D eigenvalue weighted by Crippen LogP contribution is -2.27. The minimum absolute atomic E-state index is 0.159. The van der Waals surface area contributed by atoms with E-state index in [4.69, 9.17) is 4.42 Å². The molecular formula is C43H21N3O4. The third-order valence-corrected chi connectivity index (χ3v) is 10.7. The van der Waals surface area contributed by atoms with Crippen LogP contribution in [0.1, 0.15) is 0 Å². The van der Waals surface area contributed by atoms with Gasteiger partial charge in [-0.1, -0.05) is 66.7 Å². The van der Waals surface area contributed by atoms with Crippen LogP contribution < -0.4 is 16.5 Å². The van der Waals surface area contributed by atoms with Crippen LogP contribution >= 0.6 is 0 Å². The van der Waals surface area contributed by atoms with Crippen molar-refractivity contribution >= 4 is 98.1 Å². The molecule has 0 N–H and O–H groups in total. The van der Waals surface area contributed by atoms with Gasteiger partial charge in [-0.2, -0.15) is 0 Å². The van der Waals surface area contributed by atoms with Crippen LogP contribution in [0.15, 0.2) is 146 Å². The van der Waals surface area contributed by atoms with E-state index in [-0.39, 0.29) is 16.5 Å². The van der Waals surface area contributed by atoms with Gasteiger partial charge in [0, 0.05) is 48.8 Å². The Hall–Kier alpha value is -6.99. The van der Waals surface area contributed by atoms with E-state index in [1.807, 2.05) is 91.0 Å². The first-order valence-corrected chi connectivity index (χ1v) is 16.5. The molecule has 0 bridgehead atoms. The number of nitrogens with zero attached hydrogens (tertiary/aromatic N) is 3. The minimum Gasteiger partial charge on any atom is -0.456 e. The Labute approximate surface area is 279 Å². The molecule has 0 aliphatic heterocycles. The Morgan fingerprint density at radius 2 is 1.02 bits per heavy atom. The summed E-state index contributed by atoms with van der Waals surface area (Å²) >= 11 is 0. The zero-order valence-corrected chi connectivity index (χ0v) is 26.1. The lowest BCUT2D eigenvalue weighted by molar-refractivity contribution is 0.669. The van der Waals surface area contributed by atoms with Gasteiger partial charge in [-0.15, -0.1) is 0 Å². The van der Waals surface area contributed by atoms with E-state index in [2.05, 4.69) is 28.8 Å². The first-order valence-electron chi connectivity index (χ1n) is 16.5. The van der Waals surface area contributed by atoms with Crippen LogP contribution in [0.2, 0.25) is 0 Å². The number of fused-ring (bicyclic) bond motifs is 10. The van der Waals surface area contributed by atoms with E-state index in [0.29, 0.717) is 60.2 Å².